The van der Waals surface area contributed by atoms with E-state index in [1.54, 1.807) is 0 Å². The largest absolute Gasteiger partial charge is 0.363 e. The van der Waals surface area contributed by atoms with Crippen molar-refractivity contribution >= 4 is 17.3 Å². The van der Waals surface area contributed by atoms with Crippen molar-refractivity contribution in [2.24, 2.45) is 0 Å². The third kappa shape index (κ3) is 2.82. The monoisotopic (exact) mass is 286 g/mol. The molecule has 0 bridgehead atoms. The van der Waals surface area contributed by atoms with Crippen molar-refractivity contribution in [1.29, 1.82) is 0 Å². The van der Waals surface area contributed by atoms with E-state index in [-0.39, 0.29) is 6.04 Å². The summed E-state index contributed by atoms with van der Waals surface area (Å²) in [6.07, 6.45) is 1.15. The lowest BCUT2D eigenvalue weighted by Gasteiger charge is -2.32. The molecular weight excluding hydrogens is 268 g/mol. The van der Waals surface area contributed by atoms with Crippen LogP contribution in [0.4, 0.5) is 5.69 Å². The molecule has 0 spiro atoms. The third-order valence-corrected chi connectivity index (χ3v) is 4.16. The number of nitrogens with zero attached hydrogens (tertiary/aromatic N) is 1. The van der Waals surface area contributed by atoms with Crippen LogP contribution < -0.4 is 10.2 Å². The van der Waals surface area contributed by atoms with E-state index in [1.807, 2.05) is 12.1 Å². The molecule has 1 fully saturated rings. The fourth-order valence-electron chi connectivity index (χ4n) is 2.83. The Morgan fingerprint density at radius 1 is 1.00 bits per heavy atom. The average Bonchev–Trinajstić information content (AvgIpc) is 2.74. The maximum absolute atomic E-state index is 6.41. The number of benzene rings is 2. The first-order valence-corrected chi connectivity index (χ1v) is 7.51. The second-order valence-corrected chi connectivity index (χ2v) is 5.53. The minimum absolute atomic E-state index is 0.286. The molecule has 3 heteroatoms. The van der Waals surface area contributed by atoms with Gasteiger partial charge in [-0.3, -0.25) is 0 Å². The molecule has 3 rings (SSSR count). The molecule has 1 atom stereocenters. The number of nitrogens with one attached hydrogen (secondary N) is 1. The molecule has 1 aliphatic heterocycles. The van der Waals surface area contributed by atoms with E-state index >= 15 is 0 Å². The van der Waals surface area contributed by atoms with Gasteiger partial charge in [0.15, 0.2) is 0 Å². The van der Waals surface area contributed by atoms with Crippen molar-refractivity contribution in [1.82, 2.24) is 5.32 Å². The highest BCUT2D eigenvalue weighted by molar-refractivity contribution is 6.31. The van der Waals surface area contributed by atoms with Crippen LogP contribution in [0.1, 0.15) is 18.0 Å². The first-order valence-electron chi connectivity index (χ1n) is 7.13. The van der Waals surface area contributed by atoms with E-state index in [2.05, 4.69) is 52.7 Å². The Morgan fingerprint density at radius 2 is 1.75 bits per heavy atom. The summed E-state index contributed by atoms with van der Waals surface area (Å²) in [5.74, 6) is 0. The number of halogens is 1. The summed E-state index contributed by atoms with van der Waals surface area (Å²) in [6, 6.07) is 19.1. The van der Waals surface area contributed by atoms with Crippen LogP contribution in [0.2, 0.25) is 5.02 Å². The highest BCUT2D eigenvalue weighted by atomic mass is 35.5. The molecule has 2 aromatic carbocycles. The summed E-state index contributed by atoms with van der Waals surface area (Å²) < 4.78 is 0. The van der Waals surface area contributed by atoms with Crippen molar-refractivity contribution in [3.8, 4) is 0 Å². The molecule has 1 saturated heterocycles. The Bertz CT molecular complexity index is 556. The Balaban J connectivity index is 1.98. The van der Waals surface area contributed by atoms with Crippen LogP contribution in [-0.4, -0.2) is 19.6 Å². The molecule has 0 aliphatic carbocycles. The first-order chi connectivity index (χ1) is 9.86. The SMILES string of the molecule is Clc1ccccc1[C@H]1CNCCCN1c1ccccc1. The maximum atomic E-state index is 6.41. The number of hydrogen-bond donors (Lipinski definition) is 1. The van der Waals surface area contributed by atoms with Gasteiger partial charge in [0, 0.05) is 23.8 Å². The molecule has 0 unspecified atom stereocenters. The van der Waals surface area contributed by atoms with Gasteiger partial charge in [0.05, 0.1) is 6.04 Å². The van der Waals surface area contributed by atoms with Crippen molar-refractivity contribution in [3.63, 3.8) is 0 Å². The molecule has 0 amide bonds. The van der Waals surface area contributed by atoms with Gasteiger partial charge in [0.1, 0.15) is 0 Å². The highest BCUT2D eigenvalue weighted by Crippen LogP contribution is 2.32. The van der Waals surface area contributed by atoms with Crippen LogP contribution in [0, 0.1) is 0 Å². The Hall–Kier alpha value is -1.51. The summed E-state index contributed by atoms with van der Waals surface area (Å²) in [7, 11) is 0. The molecule has 104 valence electrons. The van der Waals surface area contributed by atoms with E-state index in [0.717, 1.165) is 31.1 Å². The zero-order chi connectivity index (χ0) is 13.8. The normalized spacial score (nSPS) is 19.6. The van der Waals surface area contributed by atoms with E-state index in [9.17, 15) is 0 Å². The predicted octanol–water partition coefficient (Wildman–Crippen LogP) is 3.88. The smallest absolute Gasteiger partial charge is 0.0681 e. The second kappa shape index (κ2) is 6.29. The van der Waals surface area contributed by atoms with Gasteiger partial charge >= 0.3 is 0 Å². The number of hydrogen-bond acceptors (Lipinski definition) is 2. The topological polar surface area (TPSA) is 15.3 Å². The van der Waals surface area contributed by atoms with Crippen molar-refractivity contribution in [2.45, 2.75) is 12.5 Å². The molecule has 0 saturated carbocycles. The van der Waals surface area contributed by atoms with E-state index in [1.165, 1.54) is 11.3 Å². The summed E-state index contributed by atoms with van der Waals surface area (Å²) in [5.41, 5.74) is 2.47. The quantitative estimate of drug-likeness (QED) is 0.901. The number of para-hydroxylation sites is 1. The molecule has 2 nitrogen and oxygen atoms in total. The molecular formula is C17H19ClN2. The van der Waals surface area contributed by atoms with Gasteiger partial charge in [-0.1, -0.05) is 48.0 Å². The molecule has 1 N–H and O–H groups in total. The molecule has 20 heavy (non-hydrogen) atoms. The predicted molar refractivity (Wildman–Crippen MR) is 85.5 cm³/mol. The van der Waals surface area contributed by atoms with Crippen LogP contribution in [-0.2, 0) is 0 Å². The van der Waals surface area contributed by atoms with Crippen LogP contribution in [0.15, 0.2) is 54.6 Å². The van der Waals surface area contributed by atoms with Gasteiger partial charge in [-0.2, -0.15) is 0 Å². The van der Waals surface area contributed by atoms with E-state index in [0.29, 0.717) is 0 Å². The van der Waals surface area contributed by atoms with Gasteiger partial charge in [-0.15, -0.1) is 0 Å². The maximum Gasteiger partial charge on any atom is 0.0681 e. The van der Waals surface area contributed by atoms with Crippen LogP contribution in [0.5, 0.6) is 0 Å². The van der Waals surface area contributed by atoms with Gasteiger partial charge in [0.2, 0.25) is 0 Å². The highest BCUT2D eigenvalue weighted by Gasteiger charge is 2.24. The minimum Gasteiger partial charge on any atom is -0.363 e. The van der Waals surface area contributed by atoms with Crippen LogP contribution in [0.25, 0.3) is 0 Å². The lowest BCUT2D eigenvalue weighted by Crippen LogP contribution is -2.32. The van der Waals surface area contributed by atoms with Crippen molar-refractivity contribution in [2.75, 3.05) is 24.5 Å². The number of rotatable bonds is 2. The molecule has 1 aliphatic rings. The van der Waals surface area contributed by atoms with Gasteiger partial charge in [0.25, 0.3) is 0 Å². The fourth-order valence-corrected chi connectivity index (χ4v) is 3.09. The van der Waals surface area contributed by atoms with Crippen molar-refractivity contribution < 1.29 is 0 Å². The summed E-state index contributed by atoms with van der Waals surface area (Å²) in [4.78, 5) is 2.46. The third-order valence-electron chi connectivity index (χ3n) is 3.82. The van der Waals surface area contributed by atoms with E-state index in [4.69, 9.17) is 11.6 Å². The van der Waals surface area contributed by atoms with Crippen LogP contribution >= 0.6 is 11.6 Å². The van der Waals surface area contributed by atoms with Gasteiger partial charge < -0.3 is 10.2 Å². The lowest BCUT2D eigenvalue weighted by molar-refractivity contribution is 0.617. The minimum atomic E-state index is 0.286. The Labute approximate surface area is 125 Å². The van der Waals surface area contributed by atoms with E-state index < -0.39 is 0 Å². The molecule has 1 heterocycles. The second-order valence-electron chi connectivity index (χ2n) is 5.12. The van der Waals surface area contributed by atoms with Crippen molar-refractivity contribution in [3.05, 3.63) is 65.2 Å². The molecule has 2 aromatic rings. The average molecular weight is 287 g/mol. The lowest BCUT2D eigenvalue weighted by atomic mass is 10.0. The van der Waals surface area contributed by atoms with Gasteiger partial charge in [-0.05, 0) is 36.7 Å². The summed E-state index contributed by atoms with van der Waals surface area (Å²) in [6.45, 7) is 3.04. The Morgan fingerprint density at radius 3 is 2.55 bits per heavy atom. The summed E-state index contributed by atoms with van der Waals surface area (Å²) in [5, 5.41) is 4.37. The zero-order valence-electron chi connectivity index (χ0n) is 11.4. The standard InChI is InChI=1S/C17H19ClN2/c18-16-10-5-4-9-15(16)17-13-19-11-6-12-20(17)14-7-2-1-3-8-14/h1-5,7-10,17,19H,6,11-13H2/t17-/m1/s1. The van der Waals surface area contributed by atoms with Gasteiger partial charge in [-0.25, -0.2) is 0 Å². The van der Waals surface area contributed by atoms with Crippen LogP contribution in [0.3, 0.4) is 0 Å². The fraction of sp³-hybridized carbons (Fsp3) is 0.294. The molecule has 0 aromatic heterocycles. The zero-order valence-corrected chi connectivity index (χ0v) is 12.2. The summed E-state index contributed by atoms with van der Waals surface area (Å²) >= 11 is 6.41. The number of anilines is 1. The molecule has 0 radical (unpaired) electrons. The Kier molecular flexibility index (Phi) is 4.24. The first kappa shape index (κ1) is 13.5.